The molecular weight excluding hydrogens is 202 g/mol. The molecule has 15 heavy (non-hydrogen) atoms. The van der Waals surface area contributed by atoms with Crippen molar-refractivity contribution >= 4 is 17.8 Å². The number of carbonyl (C=O) groups is 2. The number of oxime groups is 1. The second-order valence-corrected chi connectivity index (χ2v) is 2.46. The third-order valence-electron chi connectivity index (χ3n) is 1.27. The van der Waals surface area contributed by atoms with Crippen molar-refractivity contribution in [2.24, 2.45) is 10.9 Å². The summed E-state index contributed by atoms with van der Waals surface area (Å²) in [6, 6.07) is 1.37. The van der Waals surface area contributed by atoms with Crippen LogP contribution < -0.4 is 5.73 Å². The van der Waals surface area contributed by atoms with E-state index in [0.717, 1.165) is 6.42 Å². The highest BCUT2D eigenvalue weighted by molar-refractivity contribution is 6.44. The highest BCUT2D eigenvalue weighted by Gasteiger charge is 2.09. The number of nitrogens with zero attached hydrogens (tertiary/aromatic N) is 2. The summed E-state index contributed by atoms with van der Waals surface area (Å²) in [5, 5.41) is 11.2. The van der Waals surface area contributed by atoms with Gasteiger partial charge in [0.1, 0.15) is 6.07 Å². The first kappa shape index (κ1) is 12.9. The Balaban J connectivity index is 3.98. The van der Waals surface area contributed by atoms with Crippen molar-refractivity contribution < 1.29 is 19.2 Å². The summed E-state index contributed by atoms with van der Waals surface area (Å²) in [6.07, 6.45) is 0.485. The smallest absolute Gasteiger partial charge is 0.433 e. The van der Waals surface area contributed by atoms with Gasteiger partial charge >= 0.3 is 6.16 Å². The van der Waals surface area contributed by atoms with Gasteiger partial charge in [-0.25, -0.2) is 4.79 Å². The molecule has 82 valence electrons. The van der Waals surface area contributed by atoms with Gasteiger partial charge in [0, 0.05) is 0 Å². The van der Waals surface area contributed by atoms with Crippen LogP contribution in [0.4, 0.5) is 4.79 Å². The van der Waals surface area contributed by atoms with E-state index in [4.69, 9.17) is 11.0 Å². The molecule has 2 N–H and O–H groups in total. The van der Waals surface area contributed by atoms with E-state index >= 15 is 0 Å². The average Bonchev–Trinajstić information content (AvgIpc) is 2.18. The molecule has 0 aliphatic heterocycles. The van der Waals surface area contributed by atoms with Crippen molar-refractivity contribution in [1.82, 2.24) is 0 Å². The van der Waals surface area contributed by atoms with Gasteiger partial charge in [-0.2, -0.15) is 5.26 Å². The van der Waals surface area contributed by atoms with Gasteiger partial charge in [-0.15, -0.1) is 0 Å². The Morgan fingerprint density at radius 1 is 1.53 bits per heavy atom. The highest BCUT2D eigenvalue weighted by atomic mass is 16.8. The Labute approximate surface area is 86.4 Å². The summed E-state index contributed by atoms with van der Waals surface area (Å²) in [6.45, 7) is 2.12. The number of unbranched alkanes of at least 4 members (excludes halogenated alkanes) is 1. The lowest BCUT2D eigenvalue weighted by atomic mass is 10.4. The predicted molar refractivity (Wildman–Crippen MR) is 49.6 cm³/mol. The number of primary amides is 1. The van der Waals surface area contributed by atoms with Gasteiger partial charge in [0.2, 0.25) is 5.71 Å². The molecule has 0 bridgehead atoms. The Kier molecular flexibility index (Phi) is 6.29. The second kappa shape index (κ2) is 7.32. The Hall–Kier alpha value is -2.10. The third kappa shape index (κ3) is 6.04. The first-order valence-electron chi connectivity index (χ1n) is 4.23. The van der Waals surface area contributed by atoms with Crippen LogP contribution in [0, 0.1) is 11.3 Å². The lowest BCUT2D eigenvalue weighted by Gasteiger charge is -1.99. The van der Waals surface area contributed by atoms with Crippen molar-refractivity contribution in [3.63, 3.8) is 0 Å². The van der Waals surface area contributed by atoms with Gasteiger partial charge in [-0.3, -0.25) is 9.63 Å². The number of hydrogen-bond acceptors (Lipinski definition) is 6. The minimum atomic E-state index is -1.07. The maximum absolute atomic E-state index is 10.7. The first-order valence-corrected chi connectivity index (χ1v) is 4.23. The minimum Gasteiger partial charge on any atom is -0.433 e. The maximum atomic E-state index is 10.7. The zero-order valence-corrected chi connectivity index (χ0v) is 8.23. The van der Waals surface area contributed by atoms with E-state index in [1.807, 2.05) is 6.92 Å². The third-order valence-corrected chi connectivity index (χ3v) is 1.27. The second-order valence-electron chi connectivity index (χ2n) is 2.46. The molecule has 7 heteroatoms. The van der Waals surface area contributed by atoms with Crippen LogP contribution >= 0.6 is 0 Å². The van der Waals surface area contributed by atoms with Gasteiger partial charge < -0.3 is 10.5 Å². The van der Waals surface area contributed by atoms with Crippen LogP contribution in [0.5, 0.6) is 0 Å². The molecule has 0 atom stereocenters. The summed E-state index contributed by atoms with van der Waals surface area (Å²) in [5.74, 6) is -1.07. The number of nitrogens with two attached hydrogens (primary N) is 1. The van der Waals surface area contributed by atoms with E-state index in [1.165, 1.54) is 6.07 Å². The van der Waals surface area contributed by atoms with E-state index < -0.39 is 17.8 Å². The molecule has 0 spiro atoms. The quantitative estimate of drug-likeness (QED) is 0.232. The molecule has 0 unspecified atom stereocenters. The topological polar surface area (TPSA) is 115 Å². The molecular formula is C8H11N3O4. The van der Waals surface area contributed by atoms with Gasteiger partial charge in [-0.05, 0) is 6.42 Å². The SMILES string of the molecule is CCCCOC(=O)ON=C(C#N)C(N)=O. The number of hydrogen-bond donors (Lipinski definition) is 1. The predicted octanol–water partition coefficient (Wildman–Crippen LogP) is 0.305. The Morgan fingerprint density at radius 3 is 2.67 bits per heavy atom. The monoisotopic (exact) mass is 213 g/mol. The Bertz CT molecular complexity index is 305. The molecule has 0 saturated carbocycles. The fourth-order valence-corrected chi connectivity index (χ4v) is 0.530. The van der Waals surface area contributed by atoms with Crippen LogP contribution in [-0.4, -0.2) is 24.4 Å². The van der Waals surface area contributed by atoms with E-state index in [-0.39, 0.29) is 6.61 Å². The molecule has 0 aromatic rings. The fourth-order valence-electron chi connectivity index (χ4n) is 0.530. The van der Waals surface area contributed by atoms with Crippen LogP contribution in [0.15, 0.2) is 5.16 Å². The van der Waals surface area contributed by atoms with Gasteiger partial charge in [0.15, 0.2) is 0 Å². The molecule has 1 amide bonds. The molecule has 0 rings (SSSR count). The molecule has 0 fully saturated rings. The normalized spacial score (nSPS) is 10.3. The van der Waals surface area contributed by atoms with E-state index in [0.29, 0.717) is 6.42 Å². The molecule has 0 saturated heterocycles. The fraction of sp³-hybridized carbons (Fsp3) is 0.500. The number of carbonyl (C=O) groups excluding carboxylic acids is 2. The minimum absolute atomic E-state index is 0.198. The molecule has 0 aliphatic carbocycles. The van der Waals surface area contributed by atoms with E-state index in [9.17, 15) is 9.59 Å². The molecule has 7 nitrogen and oxygen atoms in total. The van der Waals surface area contributed by atoms with Crippen molar-refractivity contribution in [3.05, 3.63) is 0 Å². The number of nitriles is 1. The lowest BCUT2D eigenvalue weighted by molar-refractivity contribution is -0.112. The molecule has 0 aliphatic rings. The summed E-state index contributed by atoms with van der Waals surface area (Å²) >= 11 is 0. The van der Waals surface area contributed by atoms with Gasteiger partial charge in [0.05, 0.1) is 6.61 Å². The van der Waals surface area contributed by atoms with Crippen LogP contribution in [0.2, 0.25) is 0 Å². The molecule has 0 aromatic heterocycles. The van der Waals surface area contributed by atoms with Gasteiger partial charge in [0.25, 0.3) is 5.91 Å². The maximum Gasteiger partial charge on any atom is 0.535 e. The first-order chi connectivity index (χ1) is 7.11. The van der Waals surface area contributed by atoms with Crippen molar-refractivity contribution in [3.8, 4) is 6.07 Å². The largest absolute Gasteiger partial charge is 0.535 e. The lowest BCUT2D eigenvalue weighted by Crippen LogP contribution is -2.22. The van der Waals surface area contributed by atoms with Crippen LogP contribution in [-0.2, 0) is 14.4 Å². The molecule has 0 aromatic carbocycles. The number of rotatable bonds is 5. The Morgan fingerprint density at radius 2 is 2.20 bits per heavy atom. The zero-order valence-electron chi connectivity index (χ0n) is 8.23. The van der Waals surface area contributed by atoms with E-state index in [2.05, 4.69) is 14.7 Å². The zero-order chi connectivity index (χ0) is 11.7. The summed E-state index contributed by atoms with van der Waals surface area (Å²) in [4.78, 5) is 25.3. The molecule has 0 radical (unpaired) electrons. The number of amides is 1. The van der Waals surface area contributed by atoms with Crippen LogP contribution in [0.1, 0.15) is 19.8 Å². The van der Waals surface area contributed by atoms with Gasteiger partial charge in [-0.1, -0.05) is 18.5 Å². The standard InChI is InChI=1S/C8H11N3O4/c1-2-3-4-14-8(13)15-11-6(5-9)7(10)12/h2-4H2,1H3,(H2,10,12). The van der Waals surface area contributed by atoms with Crippen LogP contribution in [0.25, 0.3) is 0 Å². The van der Waals surface area contributed by atoms with Crippen molar-refractivity contribution in [1.29, 1.82) is 5.26 Å². The highest BCUT2D eigenvalue weighted by Crippen LogP contribution is 1.92. The van der Waals surface area contributed by atoms with Crippen LogP contribution in [0.3, 0.4) is 0 Å². The van der Waals surface area contributed by atoms with E-state index in [1.54, 1.807) is 0 Å². The average molecular weight is 213 g/mol. The summed E-state index contributed by atoms with van der Waals surface area (Å²) < 4.78 is 4.53. The molecule has 0 heterocycles. The number of ether oxygens (including phenoxy) is 1. The van der Waals surface area contributed by atoms with Crippen molar-refractivity contribution in [2.45, 2.75) is 19.8 Å². The van der Waals surface area contributed by atoms with Crippen molar-refractivity contribution in [2.75, 3.05) is 6.61 Å². The summed E-state index contributed by atoms with van der Waals surface area (Å²) in [5.41, 5.74) is 4.04. The summed E-state index contributed by atoms with van der Waals surface area (Å²) in [7, 11) is 0.